The molecule has 6 heteroatoms. The molecule has 1 heterocycles. The zero-order valence-electron chi connectivity index (χ0n) is 18.9. The number of benzene rings is 3. The Hall–Kier alpha value is -4.11. The molecule has 1 aliphatic heterocycles. The minimum Gasteiger partial charge on any atom is -0.489 e. The molecule has 0 atom stereocenters. The summed E-state index contributed by atoms with van der Waals surface area (Å²) in [7, 11) is 0. The normalized spacial score (nSPS) is 13.7. The summed E-state index contributed by atoms with van der Waals surface area (Å²) < 4.78 is 5.89. The van der Waals surface area contributed by atoms with Crippen LogP contribution >= 0.6 is 0 Å². The average Bonchev–Trinajstić information content (AvgIpc) is 2.89. The van der Waals surface area contributed by atoms with Crippen molar-refractivity contribution < 1.29 is 14.3 Å². The molecule has 0 saturated carbocycles. The smallest absolute Gasteiger partial charge is 0.321 e. The van der Waals surface area contributed by atoms with Gasteiger partial charge in [-0.3, -0.25) is 4.79 Å². The lowest BCUT2D eigenvalue weighted by Gasteiger charge is -2.31. The number of nitrogens with one attached hydrogen (secondary N) is 1. The number of rotatable bonds is 7. The predicted molar refractivity (Wildman–Crippen MR) is 131 cm³/mol. The van der Waals surface area contributed by atoms with E-state index < -0.39 is 0 Å². The van der Waals surface area contributed by atoms with Crippen LogP contribution in [0, 0.1) is 17.2 Å². The number of para-hydroxylation sites is 1. The first kappa shape index (κ1) is 23.1. The van der Waals surface area contributed by atoms with Crippen LogP contribution in [0.5, 0.6) is 5.75 Å². The highest BCUT2D eigenvalue weighted by atomic mass is 16.5. The van der Waals surface area contributed by atoms with Gasteiger partial charge in [0.15, 0.2) is 5.78 Å². The first-order valence-electron chi connectivity index (χ1n) is 11.5. The molecular weight excluding hydrogens is 426 g/mol. The first-order valence-corrected chi connectivity index (χ1v) is 11.5. The molecule has 3 aromatic rings. The van der Waals surface area contributed by atoms with E-state index in [1.807, 2.05) is 78.9 Å². The van der Waals surface area contributed by atoms with E-state index in [4.69, 9.17) is 10.00 Å². The second kappa shape index (κ2) is 11.2. The molecule has 0 unspecified atom stereocenters. The largest absolute Gasteiger partial charge is 0.489 e. The lowest BCUT2D eigenvalue weighted by Crippen LogP contribution is -2.42. The molecule has 1 saturated heterocycles. The van der Waals surface area contributed by atoms with Gasteiger partial charge in [-0.05, 0) is 36.6 Å². The number of anilines is 1. The Morgan fingerprint density at radius 3 is 2.32 bits per heavy atom. The van der Waals surface area contributed by atoms with Crippen LogP contribution in [0.2, 0.25) is 0 Å². The monoisotopic (exact) mass is 453 g/mol. The molecule has 0 aliphatic carbocycles. The van der Waals surface area contributed by atoms with Gasteiger partial charge in [-0.25, -0.2) is 4.79 Å². The van der Waals surface area contributed by atoms with E-state index in [9.17, 15) is 9.59 Å². The summed E-state index contributed by atoms with van der Waals surface area (Å²) in [5.41, 5.74) is 3.25. The van der Waals surface area contributed by atoms with Crippen LogP contribution in [0.25, 0.3) is 0 Å². The van der Waals surface area contributed by atoms with Gasteiger partial charge in [-0.15, -0.1) is 0 Å². The zero-order chi connectivity index (χ0) is 23.8. The quantitative estimate of drug-likeness (QED) is 0.482. The average molecular weight is 454 g/mol. The third-order valence-electron chi connectivity index (χ3n) is 6.07. The van der Waals surface area contributed by atoms with E-state index >= 15 is 0 Å². The fourth-order valence-corrected chi connectivity index (χ4v) is 4.10. The number of hydrogen-bond acceptors (Lipinski definition) is 4. The lowest BCUT2D eigenvalue weighted by molar-refractivity contribution is 0.0859. The number of ether oxygens (including phenoxy) is 1. The maximum absolute atomic E-state index is 12.9. The molecule has 3 aromatic carbocycles. The summed E-state index contributed by atoms with van der Waals surface area (Å²) in [4.78, 5) is 27.4. The number of nitrogens with zero attached hydrogens (tertiary/aromatic N) is 2. The molecule has 1 N–H and O–H groups in total. The molecule has 0 radical (unpaired) electrons. The van der Waals surface area contributed by atoms with Gasteiger partial charge in [-0.1, -0.05) is 60.7 Å². The van der Waals surface area contributed by atoms with Crippen molar-refractivity contribution in [1.29, 1.82) is 5.26 Å². The third kappa shape index (κ3) is 5.81. The minimum atomic E-state index is -0.168. The summed E-state index contributed by atoms with van der Waals surface area (Å²) in [6.07, 6.45) is 1.69. The molecule has 1 aliphatic rings. The minimum absolute atomic E-state index is 0.0494. The Labute approximate surface area is 199 Å². The molecule has 4 rings (SSSR count). The Morgan fingerprint density at radius 1 is 0.941 bits per heavy atom. The number of likely N-dealkylation sites (tertiary alicyclic amines) is 1. The SMILES string of the molecule is N#CCc1ccc(OCc2ccccc2NC(=O)N2CCC(C(=O)c3ccccc3)CC2)cc1. The van der Waals surface area contributed by atoms with E-state index in [0.717, 1.165) is 16.7 Å². The summed E-state index contributed by atoms with van der Waals surface area (Å²) in [5, 5.41) is 11.8. The molecule has 6 nitrogen and oxygen atoms in total. The number of ketones is 1. The summed E-state index contributed by atoms with van der Waals surface area (Å²) in [5.74, 6) is 0.809. The summed E-state index contributed by atoms with van der Waals surface area (Å²) in [6.45, 7) is 1.40. The highest BCUT2D eigenvalue weighted by Gasteiger charge is 2.28. The molecule has 1 fully saturated rings. The van der Waals surface area contributed by atoms with E-state index in [-0.39, 0.29) is 17.7 Å². The maximum atomic E-state index is 12.9. The van der Waals surface area contributed by atoms with Crippen LogP contribution in [0.3, 0.4) is 0 Å². The number of piperidine rings is 1. The van der Waals surface area contributed by atoms with Crippen molar-refractivity contribution in [3.63, 3.8) is 0 Å². The predicted octanol–water partition coefficient (Wildman–Crippen LogP) is 5.46. The number of urea groups is 1. The fourth-order valence-electron chi connectivity index (χ4n) is 4.10. The van der Waals surface area contributed by atoms with Crippen LogP contribution in [-0.4, -0.2) is 29.8 Å². The Bertz CT molecular complexity index is 1160. The summed E-state index contributed by atoms with van der Waals surface area (Å²) >= 11 is 0. The zero-order valence-corrected chi connectivity index (χ0v) is 18.9. The van der Waals surface area contributed by atoms with E-state index in [1.54, 1.807) is 4.90 Å². The van der Waals surface area contributed by atoms with Gasteiger partial charge >= 0.3 is 6.03 Å². The van der Waals surface area contributed by atoms with Gasteiger partial charge in [0.25, 0.3) is 0 Å². The van der Waals surface area contributed by atoms with Gasteiger partial charge in [0.05, 0.1) is 12.5 Å². The van der Waals surface area contributed by atoms with Crippen molar-refractivity contribution in [1.82, 2.24) is 4.90 Å². The Kier molecular flexibility index (Phi) is 7.56. The number of carbonyl (C=O) groups excluding carboxylic acids is 2. The van der Waals surface area contributed by atoms with E-state index in [0.29, 0.717) is 50.4 Å². The lowest BCUT2D eigenvalue weighted by atomic mass is 9.89. The molecule has 2 amide bonds. The second-order valence-electron chi connectivity index (χ2n) is 8.35. The molecule has 0 aromatic heterocycles. The van der Waals surface area contributed by atoms with Crippen molar-refractivity contribution in [2.45, 2.75) is 25.9 Å². The van der Waals surface area contributed by atoms with Gasteiger partial charge in [0.1, 0.15) is 12.4 Å². The van der Waals surface area contributed by atoms with Crippen LogP contribution < -0.4 is 10.1 Å². The van der Waals surface area contributed by atoms with Crippen LogP contribution in [-0.2, 0) is 13.0 Å². The molecule has 34 heavy (non-hydrogen) atoms. The van der Waals surface area contributed by atoms with Gasteiger partial charge < -0.3 is 15.0 Å². The van der Waals surface area contributed by atoms with E-state index in [1.165, 1.54) is 0 Å². The number of nitriles is 1. The topological polar surface area (TPSA) is 82.4 Å². The second-order valence-corrected chi connectivity index (χ2v) is 8.35. The number of hydrogen-bond donors (Lipinski definition) is 1. The van der Waals surface area contributed by atoms with Crippen molar-refractivity contribution in [2.75, 3.05) is 18.4 Å². The number of carbonyl (C=O) groups is 2. The molecule has 0 bridgehead atoms. The highest BCUT2D eigenvalue weighted by Crippen LogP contribution is 2.24. The molecular formula is C28H27N3O3. The van der Waals surface area contributed by atoms with Crippen LogP contribution in [0.1, 0.15) is 34.3 Å². The van der Waals surface area contributed by atoms with Gasteiger partial charge in [0.2, 0.25) is 0 Å². The first-order chi connectivity index (χ1) is 16.6. The molecule has 172 valence electrons. The third-order valence-corrected chi connectivity index (χ3v) is 6.07. The van der Waals surface area contributed by atoms with Gasteiger partial charge in [0, 0.05) is 35.8 Å². The van der Waals surface area contributed by atoms with Crippen molar-refractivity contribution in [2.24, 2.45) is 5.92 Å². The van der Waals surface area contributed by atoms with E-state index in [2.05, 4.69) is 11.4 Å². The Balaban J connectivity index is 1.31. The van der Waals surface area contributed by atoms with Gasteiger partial charge in [-0.2, -0.15) is 5.26 Å². The Morgan fingerprint density at radius 2 is 1.62 bits per heavy atom. The fraction of sp³-hybridized carbons (Fsp3) is 0.250. The van der Waals surface area contributed by atoms with Crippen LogP contribution in [0.15, 0.2) is 78.9 Å². The highest BCUT2D eigenvalue weighted by molar-refractivity contribution is 5.98. The number of amides is 2. The molecule has 0 spiro atoms. The van der Waals surface area contributed by atoms with Crippen molar-refractivity contribution in [3.05, 3.63) is 95.6 Å². The van der Waals surface area contributed by atoms with Crippen LogP contribution in [0.4, 0.5) is 10.5 Å². The number of Topliss-reactive ketones (excluding diaryl/α,β-unsaturated/α-hetero) is 1. The van der Waals surface area contributed by atoms with Crippen molar-refractivity contribution >= 4 is 17.5 Å². The van der Waals surface area contributed by atoms with Crippen molar-refractivity contribution in [3.8, 4) is 11.8 Å². The standard InChI is InChI=1S/C28H27N3O3/c29-17-14-21-10-12-25(13-11-21)34-20-24-8-4-5-9-26(24)30-28(33)31-18-15-23(16-19-31)27(32)22-6-2-1-3-7-22/h1-13,23H,14-16,18-20H2,(H,30,33). The summed E-state index contributed by atoms with van der Waals surface area (Å²) in [6, 6.07) is 26.3. The maximum Gasteiger partial charge on any atom is 0.321 e.